The highest BCUT2D eigenvalue weighted by molar-refractivity contribution is 5.78. The zero-order valence-corrected chi connectivity index (χ0v) is 15.7. The van der Waals surface area contributed by atoms with E-state index in [2.05, 4.69) is 5.32 Å². The van der Waals surface area contributed by atoms with Crippen molar-refractivity contribution in [3.05, 3.63) is 65.2 Å². The van der Waals surface area contributed by atoms with E-state index in [1.54, 1.807) is 32.0 Å². The summed E-state index contributed by atoms with van der Waals surface area (Å²) in [6.07, 6.45) is -4.19. The van der Waals surface area contributed by atoms with Crippen molar-refractivity contribution in [1.82, 2.24) is 5.32 Å². The summed E-state index contributed by atoms with van der Waals surface area (Å²) in [7, 11) is 0. The van der Waals surface area contributed by atoms with Gasteiger partial charge in [0, 0.05) is 12.0 Å². The monoisotopic (exact) mass is 379 g/mol. The number of carbonyl (C=O) groups is 1. The summed E-state index contributed by atoms with van der Waals surface area (Å²) < 4.78 is 44.1. The summed E-state index contributed by atoms with van der Waals surface area (Å²) in [5, 5.41) is 2.82. The van der Waals surface area contributed by atoms with Crippen molar-refractivity contribution < 1.29 is 22.7 Å². The number of rotatable bonds is 7. The fraction of sp³-hybridized carbons (Fsp3) is 0.381. The van der Waals surface area contributed by atoms with Gasteiger partial charge in [-0.05, 0) is 36.2 Å². The van der Waals surface area contributed by atoms with Gasteiger partial charge in [-0.15, -0.1) is 0 Å². The van der Waals surface area contributed by atoms with E-state index in [1.807, 2.05) is 19.1 Å². The van der Waals surface area contributed by atoms with Gasteiger partial charge in [0.2, 0.25) is 5.91 Å². The Kier molecular flexibility index (Phi) is 6.52. The lowest BCUT2D eigenvalue weighted by Gasteiger charge is -2.26. The molecule has 0 aliphatic carbocycles. The predicted octanol–water partition coefficient (Wildman–Crippen LogP) is 4.74. The summed E-state index contributed by atoms with van der Waals surface area (Å²) >= 11 is 0. The van der Waals surface area contributed by atoms with Crippen molar-refractivity contribution in [1.29, 1.82) is 0 Å². The Morgan fingerprint density at radius 1 is 1.04 bits per heavy atom. The van der Waals surface area contributed by atoms with E-state index in [4.69, 9.17) is 4.74 Å². The fourth-order valence-corrected chi connectivity index (χ4v) is 2.66. The molecular formula is C21H24F3NO2. The van der Waals surface area contributed by atoms with E-state index < -0.39 is 17.2 Å². The number of halogens is 3. The van der Waals surface area contributed by atoms with E-state index in [-0.39, 0.29) is 18.9 Å². The predicted molar refractivity (Wildman–Crippen MR) is 98.8 cm³/mol. The van der Waals surface area contributed by atoms with Crippen LogP contribution in [0.2, 0.25) is 0 Å². The highest BCUT2D eigenvalue weighted by Gasteiger charge is 2.32. The van der Waals surface area contributed by atoms with Crippen LogP contribution in [0.3, 0.4) is 0 Å². The first-order valence-corrected chi connectivity index (χ1v) is 8.78. The van der Waals surface area contributed by atoms with E-state index in [0.29, 0.717) is 12.2 Å². The third-order valence-corrected chi connectivity index (χ3v) is 4.30. The number of hydrogen-bond acceptors (Lipinski definition) is 2. The second-order valence-electron chi connectivity index (χ2n) is 6.99. The summed E-state index contributed by atoms with van der Waals surface area (Å²) in [5.41, 5.74) is 0.0516. The molecular weight excluding hydrogens is 355 g/mol. The SMILES string of the molecule is CCOc1ccc(CC(=O)NCC(C)(C)c2cccc(C(F)(F)F)c2)cc1. The number of amides is 1. The molecule has 2 aromatic rings. The number of hydrogen-bond donors (Lipinski definition) is 1. The molecule has 0 aliphatic heterocycles. The van der Waals surface area contributed by atoms with Crippen molar-refractivity contribution in [2.75, 3.05) is 13.2 Å². The summed E-state index contributed by atoms with van der Waals surface area (Å²) in [6.45, 7) is 6.32. The van der Waals surface area contributed by atoms with E-state index in [0.717, 1.165) is 23.4 Å². The number of benzene rings is 2. The molecule has 0 aliphatic rings. The Balaban J connectivity index is 1.97. The highest BCUT2D eigenvalue weighted by Crippen LogP contribution is 2.32. The molecule has 6 heteroatoms. The van der Waals surface area contributed by atoms with Crippen LogP contribution in [0.25, 0.3) is 0 Å². The van der Waals surface area contributed by atoms with Gasteiger partial charge >= 0.3 is 6.18 Å². The summed E-state index contributed by atoms with van der Waals surface area (Å²) in [5.74, 6) is 0.562. The average molecular weight is 379 g/mol. The zero-order chi connectivity index (χ0) is 20.1. The molecule has 0 radical (unpaired) electrons. The van der Waals surface area contributed by atoms with Crippen molar-refractivity contribution in [3.8, 4) is 5.75 Å². The standard InChI is InChI=1S/C21H24F3NO2/c1-4-27-18-10-8-15(9-11-18)12-19(26)25-14-20(2,3)16-6-5-7-17(13-16)21(22,23)24/h5-11,13H,4,12,14H2,1-3H3,(H,25,26). The van der Waals surface area contributed by atoms with Gasteiger partial charge in [0.1, 0.15) is 5.75 Å². The number of carbonyl (C=O) groups excluding carboxylic acids is 1. The Hall–Kier alpha value is -2.50. The molecule has 0 bridgehead atoms. The second kappa shape index (κ2) is 8.46. The number of ether oxygens (including phenoxy) is 1. The molecule has 0 aromatic heterocycles. The van der Waals surface area contributed by atoms with Crippen molar-refractivity contribution >= 4 is 5.91 Å². The Labute approximate surface area is 157 Å². The lowest BCUT2D eigenvalue weighted by Crippen LogP contribution is -2.37. The third kappa shape index (κ3) is 6.01. The molecule has 0 fully saturated rings. The van der Waals surface area contributed by atoms with Crippen LogP contribution in [-0.4, -0.2) is 19.1 Å². The minimum absolute atomic E-state index is 0.181. The maximum absolute atomic E-state index is 12.9. The highest BCUT2D eigenvalue weighted by atomic mass is 19.4. The maximum atomic E-state index is 12.9. The fourth-order valence-electron chi connectivity index (χ4n) is 2.66. The van der Waals surface area contributed by atoms with Gasteiger partial charge in [-0.25, -0.2) is 0 Å². The van der Waals surface area contributed by atoms with E-state index in [9.17, 15) is 18.0 Å². The molecule has 0 spiro atoms. The molecule has 27 heavy (non-hydrogen) atoms. The number of alkyl halides is 3. The van der Waals surface area contributed by atoms with Gasteiger partial charge in [0.25, 0.3) is 0 Å². The normalized spacial score (nSPS) is 11.9. The number of nitrogens with one attached hydrogen (secondary N) is 1. The van der Waals surface area contributed by atoms with E-state index >= 15 is 0 Å². The lowest BCUT2D eigenvalue weighted by atomic mass is 9.83. The van der Waals surface area contributed by atoms with Crippen LogP contribution in [0.15, 0.2) is 48.5 Å². The maximum Gasteiger partial charge on any atom is 0.416 e. The second-order valence-corrected chi connectivity index (χ2v) is 6.99. The molecule has 3 nitrogen and oxygen atoms in total. The Morgan fingerprint density at radius 2 is 1.67 bits per heavy atom. The third-order valence-electron chi connectivity index (χ3n) is 4.30. The van der Waals surface area contributed by atoms with Crippen LogP contribution >= 0.6 is 0 Å². The van der Waals surface area contributed by atoms with Gasteiger partial charge < -0.3 is 10.1 Å². The minimum atomic E-state index is -4.39. The molecule has 0 heterocycles. The van der Waals surface area contributed by atoms with Crippen LogP contribution in [0.5, 0.6) is 5.75 Å². The largest absolute Gasteiger partial charge is 0.494 e. The minimum Gasteiger partial charge on any atom is -0.494 e. The summed E-state index contributed by atoms with van der Waals surface area (Å²) in [6, 6.07) is 12.5. The molecule has 0 saturated heterocycles. The Bertz CT molecular complexity index is 768. The van der Waals surface area contributed by atoms with Crippen molar-refractivity contribution in [3.63, 3.8) is 0 Å². The first-order valence-electron chi connectivity index (χ1n) is 8.78. The quantitative estimate of drug-likeness (QED) is 0.755. The molecule has 2 aromatic carbocycles. The van der Waals surface area contributed by atoms with Gasteiger partial charge in [-0.1, -0.05) is 44.2 Å². The molecule has 0 atom stereocenters. The van der Waals surface area contributed by atoms with Gasteiger partial charge in [-0.3, -0.25) is 4.79 Å². The van der Waals surface area contributed by atoms with Crippen LogP contribution in [0.1, 0.15) is 37.5 Å². The molecule has 2 rings (SSSR count). The Morgan fingerprint density at radius 3 is 2.26 bits per heavy atom. The molecule has 0 saturated carbocycles. The first-order chi connectivity index (χ1) is 12.6. The van der Waals surface area contributed by atoms with Crippen LogP contribution < -0.4 is 10.1 Å². The average Bonchev–Trinajstić information content (AvgIpc) is 2.61. The van der Waals surface area contributed by atoms with Gasteiger partial charge in [0.15, 0.2) is 0 Å². The van der Waals surface area contributed by atoms with Crippen LogP contribution in [0, 0.1) is 0 Å². The topological polar surface area (TPSA) is 38.3 Å². The molecule has 146 valence electrons. The smallest absolute Gasteiger partial charge is 0.416 e. The summed E-state index contributed by atoms with van der Waals surface area (Å²) in [4.78, 5) is 12.2. The molecule has 1 N–H and O–H groups in total. The van der Waals surface area contributed by atoms with Crippen LogP contribution in [-0.2, 0) is 22.8 Å². The van der Waals surface area contributed by atoms with Gasteiger partial charge in [0.05, 0.1) is 18.6 Å². The van der Waals surface area contributed by atoms with Crippen molar-refractivity contribution in [2.24, 2.45) is 0 Å². The molecule has 1 amide bonds. The first kappa shape index (κ1) is 20.8. The van der Waals surface area contributed by atoms with E-state index in [1.165, 1.54) is 6.07 Å². The van der Waals surface area contributed by atoms with Gasteiger partial charge in [-0.2, -0.15) is 13.2 Å². The molecule has 0 unspecified atom stereocenters. The zero-order valence-electron chi connectivity index (χ0n) is 15.7. The lowest BCUT2D eigenvalue weighted by molar-refractivity contribution is -0.137. The van der Waals surface area contributed by atoms with Crippen molar-refractivity contribution in [2.45, 2.75) is 38.8 Å². The van der Waals surface area contributed by atoms with Crippen LogP contribution in [0.4, 0.5) is 13.2 Å².